The fourth-order valence-electron chi connectivity index (χ4n) is 1.00. The third-order valence-electron chi connectivity index (χ3n) is 1.79. The van der Waals surface area contributed by atoms with Crippen LogP contribution in [0.2, 0.25) is 0 Å². The Hall–Kier alpha value is -0.790. The van der Waals surface area contributed by atoms with Gasteiger partial charge in [0.15, 0.2) is 0 Å². The lowest BCUT2D eigenvalue weighted by Crippen LogP contribution is -2.27. The first kappa shape index (κ1) is 11.2. The summed E-state index contributed by atoms with van der Waals surface area (Å²) in [6.07, 6.45) is 5.51. The van der Waals surface area contributed by atoms with Crippen molar-refractivity contribution in [2.75, 3.05) is 13.6 Å². The molecule has 0 saturated heterocycles. The van der Waals surface area contributed by atoms with Crippen LogP contribution < -0.4 is 0 Å². The second-order valence-corrected chi connectivity index (χ2v) is 3.00. The number of carbonyl (C=O) groups is 1. The van der Waals surface area contributed by atoms with E-state index in [0.717, 1.165) is 25.8 Å². The second-order valence-electron chi connectivity index (χ2n) is 3.00. The summed E-state index contributed by atoms with van der Waals surface area (Å²) in [4.78, 5) is 13.0. The Morgan fingerprint density at radius 2 is 2.25 bits per heavy atom. The topological polar surface area (TPSA) is 20.3 Å². The molecule has 0 aliphatic carbocycles. The molecule has 0 aromatic carbocycles. The van der Waals surface area contributed by atoms with E-state index < -0.39 is 0 Å². The first-order valence-corrected chi connectivity index (χ1v) is 4.57. The van der Waals surface area contributed by atoms with Crippen molar-refractivity contribution in [2.45, 2.75) is 32.6 Å². The largest absolute Gasteiger partial charge is 0.346 e. The molecule has 1 amide bonds. The Bertz CT molecular complexity index is 143. The van der Waals surface area contributed by atoms with Crippen LogP contribution in [0, 0.1) is 0 Å². The number of nitrogens with zero attached hydrogens (tertiary/aromatic N) is 1. The molecule has 0 aliphatic rings. The van der Waals surface area contributed by atoms with E-state index in [1.54, 1.807) is 4.90 Å². The molecule has 0 aliphatic heterocycles. The zero-order valence-corrected chi connectivity index (χ0v) is 8.18. The highest BCUT2D eigenvalue weighted by Crippen LogP contribution is 1.98. The van der Waals surface area contributed by atoms with Gasteiger partial charge in [-0.25, -0.2) is 0 Å². The predicted molar refractivity (Wildman–Crippen MR) is 52.0 cm³/mol. The molecule has 0 fully saturated rings. The van der Waals surface area contributed by atoms with Gasteiger partial charge in [0.2, 0.25) is 5.91 Å². The van der Waals surface area contributed by atoms with Gasteiger partial charge in [0.1, 0.15) is 0 Å². The third kappa shape index (κ3) is 4.94. The Labute approximate surface area is 75.3 Å². The summed E-state index contributed by atoms with van der Waals surface area (Å²) < 4.78 is 0. The summed E-state index contributed by atoms with van der Waals surface area (Å²) in [6.45, 7) is 6.51. The Morgan fingerprint density at radius 1 is 1.58 bits per heavy atom. The van der Waals surface area contributed by atoms with Gasteiger partial charge in [-0.3, -0.25) is 4.79 Å². The number of rotatable bonds is 6. The Kier molecular flexibility index (Phi) is 6.44. The molecule has 0 unspecified atom stereocenters. The molecule has 70 valence electrons. The van der Waals surface area contributed by atoms with E-state index in [9.17, 15) is 4.79 Å². The number of carbonyl (C=O) groups excluding carboxylic acids is 1. The highest BCUT2D eigenvalue weighted by Gasteiger charge is 2.04. The number of allylic oxidation sites excluding steroid dienone is 1. The quantitative estimate of drug-likeness (QED) is 0.441. The molecular weight excluding hydrogens is 150 g/mol. The van der Waals surface area contributed by atoms with Gasteiger partial charge in [-0.1, -0.05) is 13.0 Å². The normalized spacial score (nSPS) is 9.50. The minimum absolute atomic E-state index is 0.251. The lowest BCUT2D eigenvalue weighted by atomic mass is 10.2. The highest BCUT2D eigenvalue weighted by molar-refractivity contribution is 5.75. The van der Waals surface area contributed by atoms with Crippen LogP contribution in [0.3, 0.4) is 0 Å². The molecule has 0 N–H and O–H groups in total. The van der Waals surface area contributed by atoms with Gasteiger partial charge >= 0.3 is 0 Å². The highest BCUT2D eigenvalue weighted by atomic mass is 16.2. The van der Waals surface area contributed by atoms with Crippen molar-refractivity contribution in [3.8, 4) is 0 Å². The van der Waals surface area contributed by atoms with Crippen molar-refractivity contribution in [1.29, 1.82) is 0 Å². The van der Waals surface area contributed by atoms with Gasteiger partial charge in [-0.2, -0.15) is 0 Å². The van der Waals surface area contributed by atoms with E-state index in [1.165, 1.54) is 0 Å². The molecule has 0 saturated carbocycles. The van der Waals surface area contributed by atoms with Gasteiger partial charge in [0.05, 0.1) is 0 Å². The summed E-state index contributed by atoms with van der Waals surface area (Å²) in [5.74, 6) is 0.251. The molecule has 0 bridgehead atoms. The molecule has 0 radical (unpaired) electrons. The molecule has 0 spiro atoms. The van der Waals surface area contributed by atoms with Gasteiger partial charge in [0.25, 0.3) is 0 Å². The molecule has 0 heterocycles. The first-order valence-electron chi connectivity index (χ1n) is 4.57. The van der Waals surface area contributed by atoms with E-state index in [-0.39, 0.29) is 5.91 Å². The predicted octanol–water partition coefficient (Wildman–Crippen LogP) is 2.21. The molecule has 0 atom stereocenters. The van der Waals surface area contributed by atoms with Crippen LogP contribution in [0.5, 0.6) is 0 Å². The van der Waals surface area contributed by atoms with E-state index >= 15 is 0 Å². The molecular formula is C10H19NO. The van der Waals surface area contributed by atoms with Crippen molar-refractivity contribution in [1.82, 2.24) is 4.90 Å². The standard InChI is InChI=1S/C10H19NO/c1-4-6-7-9-11(3)10(12)8-5-2/h4H,1,5-9H2,2-3H3. The Balaban J connectivity index is 3.49. The average Bonchev–Trinajstić information content (AvgIpc) is 2.05. The smallest absolute Gasteiger partial charge is 0.222 e. The minimum atomic E-state index is 0.251. The van der Waals surface area contributed by atoms with Crippen LogP contribution in [0.1, 0.15) is 32.6 Å². The van der Waals surface area contributed by atoms with Gasteiger partial charge in [-0.15, -0.1) is 6.58 Å². The summed E-state index contributed by atoms with van der Waals surface area (Å²) >= 11 is 0. The molecule has 2 nitrogen and oxygen atoms in total. The van der Waals surface area contributed by atoms with Gasteiger partial charge in [-0.05, 0) is 19.3 Å². The third-order valence-corrected chi connectivity index (χ3v) is 1.79. The van der Waals surface area contributed by atoms with E-state index in [4.69, 9.17) is 0 Å². The number of hydrogen-bond acceptors (Lipinski definition) is 1. The van der Waals surface area contributed by atoms with E-state index in [0.29, 0.717) is 6.42 Å². The molecule has 12 heavy (non-hydrogen) atoms. The fourth-order valence-corrected chi connectivity index (χ4v) is 1.00. The van der Waals surface area contributed by atoms with Crippen molar-refractivity contribution < 1.29 is 4.79 Å². The first-order chi connectivity index (χ1) is 5.72. The summed E-state index contributed by atoms with van der Waals surface area (Å²) in [5, 5.41) is 0. The maximum Gasteiger partial charge on any atom is 0.222 e. The van der Waals surface area contributed by atoms with Crippen molar-refractivity contribution in [3.63, 3.8) is 0 Å². The second kappa shape index (κ2) is 6.89. The SMILES string of the molecule is C=CCCCN(C)C(=O)CCC. The van der Waals surface area contributed by atoms with Crippen LogP contribution in [-0.4, -0.2) is 24.4 Å². The number of unbranched alkanes of at least 4 members (excludes halogenated alkanes) is 1. The van der Waals surface area contributed by atoms with Crippen molar-refractivity contribution in [3.05, 3.63) is 12.7 Å². The van der Waals surface area contributed by atoms with Crippen LogP contribution in [-0.2, 0) is 4.79 Å². The summed E-state index contributed by atoms with van der Waals surface area (Å²) in [6, 6.07) is 0. The van der Waals surface area contributed by atoms with Crippen LogP contribution in [0.25, 0.3) is 0 Å². The molecule has 2 heteroatoms. The number of amides is 1. The van der Waals surface area contributed by atoms with Crippen LogP contribution >= 0.6 is 0 Å². The fraction of sp³-hybridized carbons (Fsp3) is 0.700. The van der Waals surface area contributed by atoms with E-state index in [2.05, 4.69) is 6.58 Å². The van der Waals surface area contributed by atoms with Crippen LogP contribution in [0.15, 0.2) is 12.7 Å². The maximum absolute atomic E-state index is 11.2. The van der Waals surface area contributed by atoms with Crippen molar-refractivity contribution in [2.24, 2.45) is 0 Å². The zero-order valence-electron chi connectivity index (χ0n) is 8.18. The molecule has 0 aromatic heterocycles. The molecule has 0 aromatic rings. The Morgan fingerprint density at radius 3 is 2.75 bits per heavy atom. The van der Waals surface area contributed by atoms with Crippen molar-refractivity contribution >= 4 is 5.91 Å². The lowest BCUT2D eigenvalue weighted by molar-refractivity contribution is -0.129. The van der Waals surface area contributed by atoms with E-state index in [1.807, 2.05) is 20.0 Å². The summed E-state index contributed by atoms with van der Waals surface area (Å²) in [5.41, 5.74) is 0. The average molecular weight is 169 g/mol. The van der Waals surface area contributed by atoms with Gasteiger partial charge < -0.3 is 4.90 Å². The van der Waals surface area contributed by atoms with Crippen LogP contribution in [0.4, 0.5) is 0 Å². The lowest BCUT2D eigenvalue weighted by Gasteiger charge is -2.15. The minimum Gasteiger partial charge on any atom is -0.346 e. The zero-order chi connectivity index (χ0) is 9.40. The number of hydrogen-bond donors (Lipinski definition) is 0. The monoisotopic (exact) mass is 169 g/mol. The van der Waals surface area contributed by atoms with Gasteiger partial charge in [0, 0.05) is 20.0 Å². The maximum atomic E-state index is 11.2. The molecule has 0 rings (SSSR count). The summed E-state index contributed by atoms with van der Waals surface area (Å²) in [7, 11) is 1.86.